The van der Waals surface area contributed by atoms with Crippen molar-refractivity contribution < 1.29 is 42.6 Å². The van der Waals surface area contributed by atoms with Gasteiger partial charge >= 0.3 is 29.9 Å². The summed E-state index contributed by atoms with van der Waals surface area (Å²) in [6.07, 6.45) is -4.87. The number of amides is 2. The first-order valence-electron chi connectivity index (χ1n) is 5.31. The van der Waals surface area contributed by atoms with Crippen molar-refractivity contribution >= 4 is 35.1 Å². The minimum absolute atomic E-state index is 0.428. The van der Waals surface area contributed by atoms with Crippen LogP contribution < -0.4 is 10.6 Å². The fraction of sp³-hybridized carbons (Fsp3) is 0.0909. The summed E-state index contributed by atoms with van der Waals surface area (Å²) < 4.78 is 38.0. The van der Waals surface area contributed by atoms with Crippen molar-refractivity contribution in [2.24, 2.45) is 0 Å². The molecule has 1 aromatic carbocycles. The number of hydrogen-bond donors (Lipinski definition) is 4. The molecule has 0 spiro atoms. The van der Waals surface area contributed by atoms with Gasteiger partial charge in [0, 0.05) is 11.4 Å². The highest BCUT2D eigenvalue weighted by atomic mass is 19.4. The standard InChI is InChI=1S/C11H7F3N2O6/c12-11(13,14)4-1-5(15-7(17)9(19)20)3-6(2-4)16-8(18)10(21)22/h1-3H,(H,15,17)(H,16,18)(H,19,20)(H,21,22). The fourth-order valence-electron chi connectivity index (χ4n) is 1.30. The van der Waals surface area contributed by atoms with Crippen molar-refractivity contribution in [1.82, 2.24) is 0 Å². The third-order valence-electron chi connectivity index (χ3n) is 2.16. The van der Waals surface area contributed by atoms with Gasteiger partial charge in [0.15, 0.2) is 0 Å². The van der Waals surface area contributed by atoms with Crippen LogP contribution in [0.25, 0.3) is 0 Å². The summed E-state index contributed by atoms with van der Waals surface area (Å²) in [7, 11) is 0. The van der Waals surface area contributed by atoms with Crippen molar-refractivity contribution in [2.45, 2.75) is 6.18 Å². The molecule has 0 aliphatic heterocycles. The summed E-state index contributed by atoms with van der Waals surface area (Å²) in [6, 6.07) is 1.63. The summed E-state index contributed by atoms with van der Waals surface area (Å²) in [4.78, 5) is 42.6. The Morgan fingerprint density at radius 3 is 1.45 bits per heavy atom. The highest BCUT2D eigenvalue weighted by Crippen LogP contribution is 2.33. The molecule has 0 fully saturated rings. The van der Waals surface area contributed by atoms with Crippen LogP contribution in [0.4, 0.5) is 24.5 Å². The number of aliphatic carboxylic acids is 2. The monoisotopic (exact) mass is 320 g/mol. The van der Waals surface area contributed by atoms with Crippen LogP contribution >= 0.6 is 0 Å². The number of benzene rings is 1. The lowest BCUT2D eigenvalue weighted by Crippen LogP contribution is -2.24. The van der Waals surface area contributed by atoms with E-state index in [0.717, 1.165) is 6.07 Å². The first kappa shape index (κ1) is 16.9. The number of carbonyl (C=O) groups is 4. The van der Waals surface area contributed by atoms with Crippen LogP contribution in [0.1, 0.15) is 5.56 Å². The molecule has 0 aliphatic rings. The van der Waals surface area contributed by atoms with Crippen LogP contribution in [0.3, 0.4) is 0 Å². The van der Waals surface area contributed by atoms with Gasteiger partial charge in [0.05, 0.1) is 5.56 Å². The number of alkyl halides is 3. The van der Waals surface area contributed by atoms with Crippen molar-refractivity contribution in [3.8, 4) is 0 Å². The first-order chi connectivity index (χ1) is 10.0. The molecule has 2 amide bonds. The Bertz CT molecular complexity index is 609. The van der Waals surface area contributed by atoms with E-state index in [-0.39, 0.29) is 0 Å². The highest BCUT2D eigenvalue weighted by Gasteiger charge is 2.32. The third kappa shape index (κ3) is 4.47. The molecule has 1 aromatic rings. The number of carboxylic acids is 2. The van der Waals surface area contributed by atoms with E-state index in [2.05, 4.69) is 0 Å². The molecular formula is C11H7F3N2O6. The van der Waals surface area contributed by atoms with Gasteiger partial charge in [-0.2, -0.15) is 13.2 Å². The number of rotatable bonds is 2. The summed E-state index contributed by atoms with van der Waals surface area (Å²) in [5.41, 5.74) is -2.48. The Morgan fingerprint density at radius 1 is 0.818 bits per heavy atom. The van der Waals surface area contributed by atoms with Gasteiger partial charge in [-0.3, -0.25) is 9.59 Å². The van der Waals surface area contributed by atoms with Gasteiger partial charge in [0.25, 0.3) is 0 Å². The molecule has 0 heterocycles. The van der Waals surface area contributed by atoms with Crippen molar-refractivity contribution in [1.29, 1.82) is 0 Å². The average Bonchev–Trinajstić information content (AvgIpc) is 2.36. The van der Waals surface area contributed by atoms with Gasteiger partial charge in [-0.15, -0.1) is 0 Å². The molecule has 22 heavy (non-hydrogen) atoms. The zero-order valence-electron chi connectivity index (χ0n) is 10.4. The minimum atomic E-state index is -4.87. The molecule has 0 unspecified atom stereocenters. The van der Waals surface area contributed by atoms with Gasteiger partial charge in [-0.25, -0.2) is 9.59 Å². The second kappa shape index (κ2) is 6.11. The second-order valence-electron chi connectivity index (χ2n) is 3.82. The second-order valence-corrected chi connectivity index (χ2v) is 3.82. The first-order valence-corrected chi connectivity index (χ1v) is 5.31. The summed E-state index contributed by atoms with van der Waals surface area (Å²) >= 11 is 0. The molecule has 0 saturated carbocycles. The Morgan fingerprint density at radius 2 is 1.18 bits per heavy atom. The molecule has 0 radical (unpaired) electrons. The predicted molar refractivity (Wildman–Crippen MR) is 64.0 cm³/mol. The number of anilines is 2. The summed E-state index contributed by atoms with van der Waals surface area (Å²) in [6.45, 7) is 0. The van der Waals surface area contributed by atoms with Crippen LogP contribution in [0.5, 0.6) is 0 Å². The van der Waals surface area contributed by atoms with Gasteiger partial charge in [-0.05, 0) is 18.2 Å². The predicted octanol–water partition coefficient (Wildman–Crippen LogP) is 0.752. The fourth-order valence-corrected chi connectivity index (χ4v) is 1.30. The van der Waals surface area contributed by atoms with Gasteiger partial charge in [0.1, 0.15) is 0 Å². The minimum Gasteiger partial charge on any atom is -0.474 e. The van der Waals surface area contributed by atoms with E-state index in [1.165, 1.54) is 0 Å². The zero-order valence-corrected chi connectivity index (χ0v) is 10.4. The third-order valence-corrected chi connectivity index (χ3v) is 2.16. The van der Waals surface area contributed by atoms with Crippen LogP contribution in [0.15, 0.2) is 18.2 Å². The van der Waals surface area contributed by atoms with Gasteiger partial charge in [-0.1, -0.05) is 0 Å². The van der Waals surface area contributed by atoms with Crippen LogP contribution in [0, 0.1) is 0 Å². The number of carboxylic acid groups (broad SMARTS) is 2. The molecule has 0 aromatic heterocycles. The lowest BCUT2D eigenvalue weighted by atomic mass is 10.1. The van der Waals surface area contributed by atoms with E-state index < -0.39 is 46.9 Å². The molecule has 4 N–H and O–H groups in total. The van der Waals surface area contributed by atoms with E-state index in [1.54, 1.807) is 10.6 Å². The van der Waals surface area contributed by atoms with Crippen LogP contribution in [-0.2, 0) is 25.4 Å². The SMILES string of the molecule is O=C(O)C(=O)Nc1cc(NC(=O)C(=O)O)cc(C(F)(F)F)c1. The maximum atomic E-state index is 12.7. The number of nitrogens with one attached hydrogen (secondary N) is 2. The molecule has 0 bridgehead atoms. The molecule has 0 atom stereocenters. The van der Waals surface area contributed by atoms with E-state index in [4.69, 9.17) is 10.2 Å². The van der Waals surface area contributed by atoms with Crippen LogP contribution in [0.2, 0.25) is 0 Å². The van der Waals surface area contributed by atoms with Crippen molar-refractivity contribution in [3.05, 3.63) is 23.8 Å². The van der Waals surface area contributed by atoms with E-state index >= 15 is 0 Å². The van der Waals surface area contributed by atoms with Crippen molar-refractivity contribution in [3.63, 3.8) is 0 Å². The molecule has 0 aliphatic carbocycles. The zero-order chi connectivity index (χ0) is 17.1. The molecule has 0 saturated heterocycles. The van der Waals surface area contributed by atoms with Gasteiger partial charge < -0.3 is 20.8 Å². The maximum Gasteiger partial charge on any atom is 0.416 e. The van der Waals surface area contributed by atoms with E-state index in [0.29, 0.717) is 12.1 Å². The quantitative estimate of drug-likeness (QED) is 0.594. The molecule has 118 valence electrons. The highest BCUT2D eigenvalue weighted by molar-refractivity contribution is 6.37. The smallest absolute Gasteiger partial charge is 0.416 e. The van der Waals surface area contributed by atoms with E-state index in [1.807, 2.05) is 0 Å². The molecule has 8 nitrogen and oxygen atoms in total. The average molecular weight is 320 g/mol. The Labute approximate surface area is 119 Å². The summed E-state index contributed by atoms with van der Waals surface area (Å²) in [5, 5.41) is 20.1. The maximum absolute atomic E-state index is 12.7. The van der Waals surface area contributed by atoms with Crippen LogP contribution in [-0.4, -0.2) is 34.0 Å². The topological polar surface area (TPSA) is 133 Å². The normalized spacial score (nSPS) is 10.7. The molecule has 1 rings (SSSR count). The molecule has 11 heteroatoms. The Balaban J connectivity index is 3.22. The number of halogens is 3. The Kier molecular flexibility index (Phi) is 4.71. The van der Waals surface area contributed by atoms with E-state index in [9.17, 15) is 32.3 Å². The summed E-state index contributed by atoms with van der Waals surface area (Å²) in [5.74, 6) is -7.08. The lowest BCUT2D eigenvalue weighted by molar-refractivity contribution is -0.147. The largest absolute Gasteiger partial charge is 0.474 e. The van der Waals surface area contributed by atoms with Crippen molar-refractivity contribution in [2.75, 3.05) is 10.6 Å². The number of hydrogen-bond acceptors (Lipinski definition) is 4. The van der Waals surface area contributed by atoms with Gasteiger partial charge in [0.2, 0.25) is 0 Å². The number of carbonyl (C=O) groups excluding carboxylic acids is 2. The Hall–Kier alpha value is -3.11. The lowest BCUT2D eigenvalue weighted by Gasteiger charge is -2.12. The molecular weight excluding hydrogens is 313 g/mol.